The molecule has 2 atom stereocenters. The summed E-state index contributed by atoms with van der Waals surface area (Å²) in [5.41, 5.74) is 6.92. The van der Waals surface area contributed by atoms with Crippen LogP contribution in [-0.4, -0.2) is 45.4 Å². The second-order valence-electron chi connectivity index (χ2n) is 5.62. The normalized spacial score (nSPS) is 25.1. The predicted molar refractivity (Wildman–Crippen MR) is 84.2 cm³/mol. The van der Waals surface area contributed by atoms with Crippen molar-refractivity contribution in [3.8, 4) is 17.2 Å². The molecule has 116 valence electrons. The van der Waals surface area contributed by atoms with Crippen LogP contribution in [0.3, 0.4) is 0 Å². The Labute approximate surface area is 133 Å². The van der Waals surface area contributed by atoms with E-state index in [1.165, 1.54) is 0 Å². The molecule has 1 aromatic carbocycles. The third-order valence-corrected chi connectivity index (χ3v) is 4.87. The summed E-state index contributed by atoms with van der Waals surface area (Å²) in [5, 5.41) is 0. The van der Waals surface area contributed by atoms with E-state index in [4.69, 9.17) is 19.9 Å². The summed E-state index contributed by atoms with van der Waals surface area (Å²) in [5.74, 6) is 2.93. The average Bonchev–Trinajstić information content (AvgIpc) is 2.86. The monoisotopic (exact) mass is 356 g/mol. The molecule has 2 aliphatic rings. The summed E-state index contributed by atoms with van der Waals surface area (Å²) < 4.78 is 18.2. The fourth-order valence-corrected chi connectivity index (χ4v) is 3.87. The predicted octanol–water partition coefficient (Wildman–Crippen LogP) is 2.18. The number of nitrogens with zero attached hydrogens (tertiary/aromatic N) is 1. The largest absolute Gasteiger partial charge is 0.495 e. The number of hydrogen-bond donors (Lipinski definition) is 1. The van der Waals surface area contributed by atoms with Crippen molar-refractivity contribution in [1.82, 2.24) is 4.90 Å². The summed E-state index contributed by atoms with van der Waals surface area (Å²) in [6, 6.07) is 2.16. The molecule has 0 aromatic heterocycles. The van der Waals surface area contributed by atoms with Gasteiger partial charge in [0.05, 0.1) is 17.1 Å². The molecule has 0 radical (unpaired) electrons. The van der Waals surface area contributed by atoms with Gasteiger partial charge in [0, 0.05) is 18.7 Å². The number of nitrogens with two attached hydrogens (primary N) is 1. The number of halogens is 1. The molecule has 0 aliphatic carbocycles. The second-order valence-corrected chi connectivity index (χ2v) is 6.48. The number of methoxy groups -OCH3 is 1. The van der Waals surface area contributed by atoms with Crippen molar-refractivity contribution < 1.29 is 14.2 Å². The Kier molecular flexibility index (Phi) is 4.28. The van der Waals surface area contributed by atoms with E-state index in [1.54, 1.807) is 7.11 Å². The Balaban J connectivity index is 2.09. The fourth-order valence-electron chi connectivity index (χ4n) is 3.29. The van der Waals surface area contributed by atoms with Crippen LogP contribution < -0.4 is 19.9 Å². The van der Waals surface area contributed by atoms with E-state index in [9.17, 15) is 0 Å². The summed E-state index contributed by atoms with van der Waals surface area (Å²) in [7, 11) is 3.81. The molecule has 2 heterocycles. The molecule has 1 fully saturated rings. The third kappa shape index (κ3) is 2.60. The molecule has 0 bridgehead atoms. The standard InChI is InChI=1S/C15H21BrN2O3/c1-18-8-9(7-17)5-11(18)13-14(19-2)10(16)6-12-15(13)21-4-3-20-12/h6,9,11H,3-5,7-8,17H2,1-2H3. The number of ether oxygens (including phenoxy) is 3. The van der Waals surface area contributed by atoms with Gasteiger partial charge < -0.3 is 19.9 Å². The molecule has 0 saturated carbocycles. The number of hydrogen-bond acceptors (Lipinski definition) is 5. The molecule has 2 unspecified atom stereocenters. The zero-order valence-electron chi connectivity index (χ0n) is 12.4. The van der Waals surface area contributed by atoms with Gasteiger partial charge in [-0.25, -0.2) is 0 Å². The lowest BCUT2D eigenvalue weighted by molar-refractivity contribution is 0.164. The first kappa shape index (κ1) is 14.9. The van der Waals surface area contributed by atoms with Gasteiger partial charge in [0.25, 0.3) is 0 Å². The molecule has 1 saturated heterocycles. The van der Waals surface area contributed by atoms with Crippen LogP contribution in [0, 0.1) is 5.92 Å². The van der Waals surface area contributed by atoms with Gasteiger partial charge in [0.15, 0.2) is 11.5 Å². The lowest BCUT2D eigenvalue weighted by Gasteiger charge is -2.28. The topological polar surface area (TPSA) is 57.0 Å². The first-order valence-corrected chi connectivity index (χ1v) is 8.01. The van der Waals surface area contributed by atoms with Crippen LogP contribution in [0.4, 0.5) is 0 Å². The molecule has 5 nitrogen and oxygen atoms in total. The van der Waals surface area contributed by atoms with Crippen molar-refractivity contribution >= 4 is 15.9 Å². The Morgan fingerprint density at radius 3 is 2.86 bits per heavy atom. The Morgan fingerprint density at radius 2 is 2.19 bits per heavy atom. The maximum absolute atomic E-state index is 5.90. The number of benzene rings is 1. The van der Waals surface area contributed by atoms with Crippen molar-refractivity contribution in [2.75, 3.05) is 40.5 Å². The Bertz CT molecular complexity index is 538. The smallest absolute Gasteiger partial charge is 0.169 e. The minimum Gasteiger partial charge on any atom is -0.495 e. The van der Waals surface area contributed by atoms with E-state index >= 15 is 0 Å². The van der Waals surface area contributed by atoms with Crippen LogP contribution in [-0.2, 0) is 0 Å². The van der Waals surface area contributed by atoms with E-state index < -0.39 is 0 Å². The van der Waals surface area contributed by atoms with Gasteiger partial charge in [-0.1, -0.05) is 0 Å². The Hall–Kier alpha value is -0.980. The van der Waals surface area contributed by atoms with Gasteiger partial charge in [-0.2, -0.15) is 0 Å². The van der Waals surface area contributed by atoms with Crippen molar-refractivity contribution in [2.45, 2.75) is 12.5 Å². The lowest BCUT2D eigenvalue weighted by Crippen LogP contribution is -2.23. The van der Waals surface area contributed by atoms with Crippen molar-refractivity contribution in [3.05, 3.63) is 16.1 Å². The van der Waals surface area contributed by atoms with Gasteiger partial charge in [0.2, 0.25) is 0 Å². The van der Waals surface area contributed by atoms with Crippen molar-refractivity contribution in [1.29, 1.82) is 0 Å². The molecule has 2 aliphatic heterocycles. The van der Waals surface area contributed by atoms with E-state index in [2.05, 4.69) is 27.9 Å². The maximum atomic E-state index is 5.90. The third-order valence-electron chi connectivity index (χ3n) is 4.28. The van der Waals surface area contributed by atoms with Crippen LogP contribution in [0.15, 0.2) is 10.5 Å². The van der Waals surface area contributed by atoms with Crippen LogP contribution in [0.25, 0.3) is 0 Å². The fraction of sp³-hybridized carbons (Fsp3) is 0.600. The molecule has 0 spiro atoms. The molecule has 21 heavy (non-hydrogen) atoms. The van der Waals surface area contributed by atoms with Crippen LogP contribution in [0.1, 0.15) is 18.0 Å². The van der Waals surface area contributed by atoms with E-state index in [0.717, 1.165) is 40.3 Å². The molecule has 6 heteroatoms. The highest BCUT2D eigenvalue weighted by atomic mass is 79.9. The summed E-state index contributed by atoms with van der Waals surface area (Å²) in [4.78, 5) is 2.32. The molecule has 3 rings (SSSR count). The van der Waals surface area contributed by atoms with Gasteiger partial charge >= 0.3 is 0 Å². The highest BCUT2D eigenvalue weighted by Gasteiger charge is 2.36. The van der Waals surface area contributed by atoms with Gasteiger partial charge in [-0.15, -0.1) is 0 Å². The maximum Gasteiger partial charge on any atom is 0.169 e. The minimum atomic E-state index is 0.237. The zero-order chi connectivity index (χ0) is 15.0. The highest BCUT2D eigenvalue weighted by Crippen LogP contribution is 2.51. The average molecular weight is 357 g/mol. The first-order valence-electron chi connectivity index (χ1n) is 7.22. The summed E-state index contributed by atoms with van der Waals surface area (Å²) in [6.45, 7) is 2.85. The van der Waals surface area contributed by atoms with Gasteiger partial charge in [-0.3, -0.25) is 4.90 Å². The van der Waals surface area contributed by atoms with Crippen LogP contribution in [0.5, 0.6) is 17.2 Å². The highest BCUT2D eigenvalue weighted by molar-refractivity contribution is 9.10. The number of fused-ring (bicyclic) bond motifs is 1. The van der Waals surface area contributed by atoms with Crippen LogP contribution >= 0.6 is 15.9 Å². The molecular formula is C15H21BrN2O3. The van der Waals surface area contributed by atoms with Gasteiger partial charge in [-0.05, 0) is 41.9 Å². The van der Waals surface area contributed by atoms with Crippen molar-refractivity contribution in [2.24, 2.45) is 11.7 Å². The molecular weight excluding hydrogens is 336 g/mol. The second kappa shape index (κ2) is 6.02. The lowest BCUT2D eigenvalue weighted by atomic mass is 9.97. The van der Waals surface area contributed by atoms with Crippen molar-refractivity contribution in [3.63, 3.8) is 0 Å². The summed E-state index contributed by atoms with van der Waals surface area (Å²) >= 11 is 3.58. The quantitative estimate of drug-likeness (QED) is 0.899. The molecule has 0 amide bonds. The van der Waals surface area contributed by atoms with Gasteiger partial charge in [0.1, 0.15) is 19.0 Å². The number of rotatable bonds is 3. The van der Waals surface area contributed by atoms with Crippen LogP contribution in [0.2, 0.25) is 0 Å². The molecule has 2 N–H and O–H groups in total. The van der Waals surface area contributed by atoms with E-state index in [1.807, 2.05) is 6.07 Å². The van der Waals surface area contributed by atoms with E-state index in [-0.39, 0.29) is 6.04 Å². The SMILES string of the molecule is COc1c(Br)cc2c(c1C1CC(CN)CN1C)OCCO2. The minimum absolute atomic E-state index is 0.237. The first-order chi connectivity index (χ1) is 10.2. The number of likely N-dealkylation sites (tertiary alicyclic amines) is 1. The summed E-state index contributed by atoms with van der Waals surface area (Å²) in [6.07, 6.45) is 1.01. The van der Waals surface area contributed by atoms with E-state index in [0.29, 0.717) is 25.7 Å². The Morgan fingerprint density at radius 1 is 1.43 bits per heavy atom. The zero-order valence-corrected chi connectivity index (χ0v) is 14.0. The molecule has 1 aromatic rings.